The molecule has 1 saturated heterocycles. The van der Waals surface area contributed by atoms with E-state index < -0.39 is 16.9 Å². The molecule has 1 atom stereocenters. The number of hydrogen-bond acceptors (Lipinski definition) is 6. The van der Waals surface area contributed by atoms with Crippen LogP contribution in [0, 0.1) is 0 Å². The van der Waals surface area contributed by atoms with Gasteiger partial charge in [-0.05, 0) is 44.9 Å². The zero-order chi connectivity index (χ0) is 21.2. The van der Waals surface area contributed by atoms with Crippen LogP contribution in [0.2, 0.25) is 0 Å². The van der Waals surface area contributed by atoms with E-state index in [1.165, 1.54) is 29.4 Å². The molecule has 10 heteroatoms. The number of nitrogens with zero attached hydrogens (tertiary/aromatic N) is 3. The molecule has 1 aromatic rings. The van der Waals surface area contributed by atoms with Crippen molar-refractivity contribution in [1.29, 1.82) is 0 Å². The van der Waals surface area contributed by atoms with Gasteiger partial charge in [0.1, 0.15) is 5.75 Å². The van der Waals surface area contributed by atoms with Crippen LogP contribution in [0.4, 0.5) is 4.79 Å². The van der Waals surface area contributed by atoms with Crippen LogP contribution in [0.25, 0.3) is 0 Å². The number of carbonyl (C=O) groups excluding carboxylic acids is 1. The van der Waals surface area contributed by atoms with Crippen molar-refractivity contribution >= 4 is 56.5 Å². The number of thiocarbonyl (C=S) groups is 1. The summed E-state index contributed by atoms with van der Waals surface area (Å²) in [4.78, 5) is 12.7. The van der Waals surface area contributed by atoms with E-state index in [0.29, 0.717) is 14.9 Å². The monoisotopic (exact) mass is 500 g/mol. The number of hydrazone groups is 1. The van der Waals surface area contributed by atoms with Crippen molar-refractivity contribution in [1.82, 2.24) is 15.4 Å². The third-order valence-electron chi connectivity index (χ3n) is 5.07. The van der Waals surface area contributed by atoms with E-state index in [9.17, 15) is 15.1 Å². The molecular formula is C19H25BrN4O3S2. The zero-order valence-corrected chi connectivity index (χ0v) is 19.6. The number of amides is 2. The van der Waals surface area contributed by atoms with E-state index in [1.54, 1.807) is 18.2 Å². The molecule has 3 N–H and O–H groups in total. The predicted octanol–water partition coefficient (Wildman–Crippen LogP) is 4.66. The van der Waals surface area contributed by atoms with Gasteiger partial charge in [0.2, 0.25) is 0 Å². The van der Waals surface area contributed by atoms with Crippen molar-refractivity contribution < 1.29 is 15.1 Å². The zero-order valence-electron chi connectivity index (χ0n) is 16.3. The maximum Gasteiger partial charge on any atom is 0.343 e. The summed E-state index contributed by atoms with van der Waals surface area (Å²) >= 11 is 10.2. The molecule has 2 fully saturated rings. The lowest BCUT2D eigenvalue weighted by molar-refractivity contribution is -0.119. The third-order valence-corrected chi connectivity index (χ3v) is 7.10. The Morgan fingerprint density at radius 1 is 1.41 bits per heavy atom. The van der Waals surface area contributed by atoms with Gasteiger partial charge < -0.3 is 10.4 Å². The molecule has 2 aliphatic rings. The van der Waals surface area contributed by atoms with Crippen molar-refractivity contribution in [3.8, 4) is 5.75 Å². The van der Waals surface area contributed by atoms with Crippen molar-refractivity contribution in [2.24, 2.45) is 5.10 Å². The largest absolute Gasteiger partial charge is 0.507 e. The van der Waals surface area contributed by atoms with Crippen LogP contribution in [0.5, 0.6) is 5.75 Å². The molecule has 29 heavy (non-hydrogen) atoms. The maximum absolute atomic E-state index is 12.7. The van der Waals surface area contributed by atoms with Crippen LogP contribution in [0.3, 0.4) is 0 Å². The number of nitrogens with one attached hydrogen (secondary N) is 1. The lowest BCUT2D eigenvalue weighted by Gasteiger charge is -2.35. The van der Waals surface area contributed by atoms with Crippen molar-refractivity contribution in [2.75, 3.05) is 0 Å². The molecule has 2 amide bonds. The van der Waals surface area contributed by atoms with Crippen LogP contribution in [-0.2, 0) is 0 Å². The Balaban J connectivity index is 1.79. The summed E-state index contributed by atoms with van der Waals surface area (Å²) in [6.07, 6.45) is 5.87. The SMILES string of the molecule is CC1(C)SC(=S)N(/N=C\c2cc(Br)ccc2O)[C@@H]1N(O)C(=O)NC1CCCCC1. The van der Waals surface area contributed by atoms with E-state index in [0.717, 1.165) is 30.2 Å². The Morgan fingerprint density at radius 2 is 2.10 bits per heavy atom. The van der Waals surface area contributed by atoms with Gasteiger partial charge in [0, 0.05) is 16.1 Å². The average Bonchev–Trinajstić information content (AvgIpc) is 2.90. The Kier molecular flexibility index (Phi) is 7.08. The van der Waals surface area contributed by atoms with Crippen LogP contribution < -0.4 is 5.32 Å². The summed E-state index contributed by atoms with van der Waals surface area (Å²) in [5.41, 5.74) is 0.492. The van der Waals surface area contributed by atoms with Gasteiger partial charge in [-0.1, -0.05) is 59.2 Å². The van der Waals surface area contributed by atoms with Gasteiger partial charge in [-0.2, -0.15) is 10.2 Å². The number of phenols is 1. The van der Waals surface area contributed by atoms with Crippen molar-refractivity contribution in [3.63, 3.8) is 0 Å². The summed E-state index contributed by atoms with van der Waals surface area (Å²) in [6, 6.07) is 4.52. The van der Waals surface area contributed by atoms with Crippen LogP contribution in [0.15, 0.2) is 27.8 Å². The quantitative estimate of drug-likeness (QED) is 0.241. The van der Waals surface area contributed by atoms with E-state index in [1.807, 2.05) is 13.8 Å². The second-order valence-electron chi connectivity index (χ2n) is 7.77. The Labute approximate surface area is 188 Å². The van der Waals surface area contributed by atoms with E-state index in [-0.39, 0.29) is 11.8 Å². The molecule has 1 saturated carbocycles. The van der Waals surface area contributed by atoms with E-state index in [2.05, 4.69) is 26.3 Å². The average molecular weight is 501 g/mol. The summed E-state index contributed by atoms with van der Waals surface area (Å²) in [5, 5.41) is 30.2. The van der Waals surface area contributed by atoms with Gasteiger partial charge in [0.05, 0.1) is 11.0 Å². The number of hydroxylamine groups is 2. The number of hydrogen-bond donors (Lipinski definition) is 3. The molecule has 0 aromatic heterocycles. The Morgan fingerprint density at radius 3 is 2.79 bits per heavy atom. The first kappa shape index (κ1) is 22.3. The summed E-state index contributed by atoms with van der Waals surface area (Å²) < 4.78 is 0.657. The number of aromatic hydroxyl groups is 1. The Hall–Kier alpha value is -1.36. The first-order valence-electron chi connectivity index (χ1n) is 9.52. The van der Waals surface area contributed by atoms with E-state index in [4.69, 9.17) is 12.2 Å². The molecule has 0 bridgehead atoms. The third kappa shape index (κ3) is 5.22. The number of rotatable bonds is 4. The minimum atomic E-state index is -0.783. The molecular weight excluding hydrogens is 476 g/mol. The van der Waals surface area contributed by atoms with Gasteiger partial charge in [0.15, 0.2) is 10.5 Å². The highest BCUT2D eigenvalue weighted by molar-refractivity contribution is 9.10. The molecule has 0 unspecified atom stereocenters. The second-order valence-corrected chi connectivity index (χ2v) is 11.0. The van der Waals surface area contributed by atoms with Crippen LogP contribution in [-0.4, -0.2) is 53.9 Å². The molecule has 0 radical (unpaired) electrons. The highest BCUT2D eigenvalue weighted by Crippen LogP contribution is 2.42. The number of benzene rings is 1. The standard InChI is InChI=1S/C19H25BrN4O3S2/c1-19(2)16(24(27)17(26)22-14-6-4-3-5-7-14)23(18(28)29-19)21-11-12-10-13(20)8-9-15(12)25/h8-11,14,16,25,27H,3-7H2,1-2H3,(H,22,26)/b21-11-/t16-/m1/s1. The smallest absolute Gasteiger partial charge is 0.343 e. The first-order valence-corrected chi connectivity index (χ1v) is 11.5. The van der Waals surface area contributed by atoms with Crippen molar-refractivity contribution in [2.45, 2.75) is 62.9 Å². The molecule has 0 spiro atoms. The number of halogens is 1. The van der Waals surface area contributed by atoms with Gasteiger partial charge >= 0.3 is 6.03 Å². The molecule has 1 aliphatic heterocycles. The topological polar surface area (TPSA) is 88.4 Å². The van der Waals surface area contributed by atoms with Crippen LogP contribution in [0.1, 0.15) is 51.5 Å². The van der Waals surface area contributed by atoms with Gasteiger partial charge in [-0.25, -0.2) is 9.80 Å². The van der Waals surface area contributed by atoms with Gasteiger partial charge in [-0.3, -0.25) is 5.21 Å². The lowest BCUT2D eigenvalue weighted by Crippen LogP contribution is -2.57. The summed E-state index contributed by atoms with van der Waals surface area (Å²) in [5.74, 6) is 0.0708. The highest BCUT2D eigenvalue weighted by Gasteiger charge is 2.50. The number of thioether (sulfide) groups is 1. The molecule has 1 aromatic carbocycles. The number of carbonyl (C=O) groups is 1. The second kappa shape index (κ2) is 9.20. The molecule has 1 heterocycles. The summed E-state index contributed by atoms with van der Waals surface area (Å²) in [7, 11) is 0. The normalized spacial score (nSPS) is 22.3. The Bertz CT molecular complexity index is 815. The summed E-state index contributed by atoms with van der Waals surface area (Å²) in [6.45, 7) is 3.80. The highest BCUT2D eigenvalue weighted by atomic mass is 79.9. The van der Waals surface area contributed by atoms with Gasteiger partial charge in [0.25, 0.3) is 0 Å². The number of urea groups is 1. The molecule has 158 valence electrons. The first-order chi connectivity index (χ1) is 13.7. The minimum Gasteiger partial charge on any atom is -0.507 e. The fourth-order valence-electron chi connectivity index (χ4n) is 3.58. The molecule has 3 rings (SSSR count). The van der Waals surface area contributed by atoms with Gasteiger partial charge in [-0.15, -0.1) is 0 Å². The molecule has 7 nitrogen and oxygen atoms in total. The minimum absolute atomic E-state index is 0.0708. The molecule has 1 aliphatic carbocycles. The lowest BCUT2D eigenvalue weighted by atomic mass is 9.96. The fourth-order valence-corrected chi connectivity index (χ4v) is 5.74. The predicted molar refractivity (Wildman–Crippen MR) is 122 cm³/mol. The maximum atomic E-state index is 12.7. The fraction of sp³-hybridized carbons (Fsp3) is 0.526. The van der Waals surface area contributed by atoms with Crippen molar-refractivity contribution in [3.05, 3.63) is 28.2 Å². The number of phenolic OH excluding ortho intramolecular Hbond substituents is 1. The van der Waals surface area contributed by atoms with Crippen LogP contribution >= 0.6 is 39.9 Å². The van der Waals surface area contributed by atoms with E-state index >= 15 is 0 Å².